The highest BCUT2D eigenvalue weighted by molar-refractivity contribution is 5.91. The summed E-state index contributed by atoms with van der Waals surface area (Å²) in [4.78, 5) is 12.0. The monoisotopic (exact) mass is 328 g/mol. The number of ether oxygens (including phenoxy) is 1. The molecule has 1 atom stereocenters. The van der Waals surface area contributed by atoms with Gasteiger partial charge in [-0.2, -0.15) is 0 Å². The van der Waals surface area contributed by atoms with Crippen LogP contribution in [0.3, 0.4) is 0 Å². The standard InChI is InChI=1S/C19H21FN2O2/c20-18-6-2-1-4-14(18)13-24-17-9-7-15(8-10-17)22-19(23)12-16-5-3-11-21-16/h1-2,4,6-10,16,21H,3,5,11-13H2,(H,22,23). The number of benzene rings is 2. The summed E-state index contributed by atoms with van der Waals surface area (Å²) in [6, 6.07) is 13.9. The van der Waals surface area contributed by atoms with E-state index in [-0.39, 0.29) is 24.4 Å². The number of hydrogen-bond donors (Lipinski definition) is 2. The van der Waals surface area contributed by atoms with E-state index < -0.39 is 0 Å². The zero-order valence-electron chi connectivity index (χ0n) is 13.4. The zero-order chi connectivity index (χ0) is 16.8. The zero-order valence-corrected chi connectivity index (χ0v) is 13.4. The molecule has 0 bridgehead atoms. The van der Waals surface area contributed by atoms with Crippen LogP contribution in [0.4, 0.5) is 10.1 Å². The molecule has 0 radical (unpaired) electrons. The van der Waals surface area contributed by atoms with E-state index in [2.05, 4.69) is 10.6 Å². The summed E-state index contributed by atoms with van der Waals surface area (Å²) < 4.78 is 19.1. The third kappa shape index (κ3) is 4.55. The van der Waals surface area contributed by atoms with Crippen molar-refractivity contribution >= 4 is 11.6 Å². The number of carbonyl (C=O) groups is 1. The first-order valence-corrected chi connectivity index (χ1v) is 8.20. The minimum atomic E-state index is -0.276. The van der Waals surface area contributed by atoms with E-state index in [0.717, 1.165) is 25.1 Å². The van der Waals surface area contributed by atoms with Crippen LogP contribution in [0.15, 0.2) is 48.5 Å². The van der Waals surface area contributed by atoms with E-state index in [1.807, 2.05) is 0 Å². The molecule has 3 rings (SSSR count). The number of rotatable bonds is 6. The summed E-state index contributed by atoms with van der Waals surface area (Å²) >= 11 is 0. The Labute approximate surface area is 141 Å². The second kappa shape index (κ2) is 7.93. The average Bonchev–Trinajstić information content (AvgIpc) is 3.08. The molecule has 24 heavy (non-hydrogen) atoms. The maximum absolute atomic E-state index is 13.5. The molecule has 2 N–H and O–H groups in total. The van der Waals surface area contributed by atoms with Crippen molar-refractivity contribution in [1.82, 2.24) is 5.32 Å². The van der Waals surface area contributed by atoms with Crippen LogP contribution >= 0.6 is 0 Å². The largest absolute Gasteiger partial charge is 0.489 e. The van der Waals surface area contributed by atoms with Gasteiger partial charge in [-0.1, -0.05) is 18.2 Å². The Morgan fingerprint density at radius 3 is 2.71 bits per heavy atom. The lowest BCUT2D eigenvalue weighted by atomic mass is 10.1. The molecule has 126 valence electrons. The minimum absolute atomic E-state index is 0.00873. The van der Waals surface area contributed by atoms with E-state index in [1.165, 1.54) is 6.07 Å². The highest BCUT2D eigenvalue weighted by atomic mass is 19.1. The van der Waals surface area contributed by atoms with Gasteiger partial charge in [0.15, 0.2) is 0 Å². The van der Waals surface area contributed by atoms with Gasteiger partial charge >= 0.3 is 0 Å². The van der Waals surface area contributed by atoms with Crippen LogP contribution in [0.25, 0.3) is 0 Å². The molecule has 1 fully saturated rings. The topological polar surface area (TPSA) is 50.4 Å². The third-order valence-corrected chi connectivity index (χ3v) is 4.08. The summed E-state index contributed by atoms with van der Waals surface area (Å²) in [5.74, 6) is 0.366. The van der Waals surface area contributed by atoms with Crippen LogP contribution in [-0.2, 0) is 11.4 Å². The highest BCUT2D eigenvalue weighted by Gasteiger charge is 2.17. The van der Waals surface area contributed by atoms with Crippen LogP contribution in [0, 0.1) is 5.82 Å². The van der Waals surface area contributed by atoms with E-state index >= 15 is 0 Å². The van der Waals surface area contributed by atoms with Crippen LogP contribution in [0.2, 0.25) is 0 Å². The van der Waals surface area contributed by atoms with Gasteiger partial charge in [0.25, 0.3) is 0 Å². The lowest BCUT2D eigenvalue weighted by molar-refractivity contribution is -0.116. The molecule has 0 saturated carbocycles. The van der Waals surface area contributed by atoms with E-state index in [4.69, 9.17) is 4.74 Å². The Bertz CT molecular complexity index is 682. The third-order valence-electron chi connectivity index (χ3n) is 4.08. The van der Waals surface area contributed by atoms with Crippen molar-refractivity contribution in [2.24, 2.45) is 0 Å². The minimum Gasteiger partial charge on any atom is -0.489 e. The van der Waals surface area contributed by atoms with Crippen molar-refractivity contribution < 1.29 is 13.9 Å². The lowest BCUT2D eigenvalue weighted by Gasteiger charge is -2.11. The smallest absolute Gasteiger partial charge is 0.225 e. The lowest BCUT2D eigenvalue weighted by Crippen LogP contribution is -2.27. The van der Waals surface area contributed by atoms with Gasteiger partial charge in [-0.05, 0) is 49.7 Å². The van der Waals surface area contributed by atoms with E-state index in [0.29, 0.717) is 17.7 Å². The number of carbonyl (C=O) groups excluding carboxylic acids is 1. The molecule has 2 aromatic carbocycles. The molecule has 1 saturated heterocycles. The molecule has 4 nitrogen and oxygen atoms in total. The van der Waals surface area contributed by atoms with Crippen molar-refractivity contribution in [3.8, 4) is 5.75 Å². The number of hydrogen-bond acceptors (Lipinski definition) is 3. The molecule has 0 aliphatic carbocycles. The summed E-state index contributed by atoms with van der Waals surface area (Å²) in [5.41, 5.74) is 1.25. The first kappa shape index (κ1) is 16.5. The Kier molecular flexibility index (Phi) is 5.43. The number of amides is 1. The molecule has 1 heterocycles. The van der Waals surface area contributed by atoms with E-state index in [1.54, 1.807) is 42.5 Å². The molecular formula is C19H21FN2O2. The van der Waals surface area contributed by atoms with Crippen molar-refractivity contribution in [3.05, 3.63) is 59.9 Å². The molecular weight excluding hydrogens is 307 g/mol. The molecule has 1 unspecified atom stereocenters. The number of halogens is 1. The fourth-order valence-corrected chi connectivity index (χ4v) is 2.78. The predicted molar refractivity (Wildman–Crippen MR) is 91.4 cm³/mol. The number of anilines is 1. The van der Waals surface area contributed by atoms with Gasteiger partial charge in [0.2, 0.25) is 5.91 Å². The maximum atomic E-state index is 13.5. The summed E-state index contributed by atoms with van der Waals surface area (Å²) in [7, 11) is 0. The van der Waals surface area contributed by atoms with Crippen LogP contribution in [0.5, 0.6) is 5.75 Å². The summed E-state index contributed by atoms with van der Waals surface area (Å²) in [5, 5.41) is 6.19. The molecule has 1 aliphatic heterocycles. The van der Waals surface area contributed by atoms with Gasteiger partial charge in [-0.3, -0.25) is 4.79 Å². The quantitative estimate of drug-likeness (QED) is 0.853. The predicted octanol–water partition coefficient (Wildman–Crippen LogP) is 3.49. The van der Waals surface area contributed by atoms with Gasteiger partial charge in [-0.25, -0.2) is 4.39 Å². The van der Waals surface area contributed by atoms with Gasteiger partial charge in [0.1, 0.15) is 18.2 Å². The Morgan fingerprint density at radius 2 is 2.00 bits per heavy atom. The normalized spacial score (nSPS) is 16.8. The van der Waals surface area contributed by atoms with Crippen LogP contribution in [-0.4, -0.2) is 18.5 Å². The van der Waals surface area contributed by atoms with Crippen molar-refractivity contribution in [1.29, 1.82) is 0 Å². The Morgan fingerprint density at radius 1 is 1.21 bits per heavy atom. The highest BCUT2D eigenvalue weighted by Crippen LogP contribution is 2.18. The van der Waals surface area contributed by atoms with Crippen LogP contribution in [0.1, 0.15) is 24.8 Å². The first-order chi connectivity index (χ1) is 11.7. The molecule has 1 aliphatic rings. The van der Waals surface area contributed by atoms with Gasteiger partial charge in [-0.15, -0.1) is 0 Å². The van der Waals surface area contributed by atoms with Crippen molar-refractivity contribution in [2.75, 3.05) is 11.9 Å². The second-order valence-electron chi connectivity index (χ2n) is 5.95. The molecule has 1 amide bonds. The molecule has 0 spiro atoms. The number of nitrogens with one attached hydrogen (secondary N) is 2. The second-order valence-corrected chi connectivity index (χ2v) is 5.95. The van der Waals surface area contributed by atoms with Gasteiger partial charge < -0.3 is 15.4 Å². The Hall–Kier alpha value is -2.40. The molecule has 2 aromatic rings. The van der Waals surface area contributed by atoms with Crippen molar-refractivity contribution in [3.63, 3.8) is 0 Å². The van der Waals surface area contributed by atoms with E-state index in [9.17, 15) is 9.18 Å². The van der Waals surface area contributed by atoms with Crippen molar-refractivity contribution in [2.45, 2.75) is 31.9 Å². The molecule has 5 heteroatoms. The Balaban J connectivity index is 1.49. The summed E-state index contributed by atoms with van der Waals surface area (Å²) in [6.45, 7) is 1.16. The first-order valence-electron chi connectivity index (χ1n) is 8.20. The summed E-state index contributed by atoms with van der Waals surface area (Å²) in [6.07, 6.45) is 2.67. The average molecular weight is 328 g/mol. The maximum Gasteiger partial charge on any atom is 0.225 e. The van der Waals surface area contributed by atoms with Gasteiger partial charge in [0, 0.05) is 23.7 Å². The fraction of sp³-hybridized carbons (Fsp3) is 0.316. The SMILES string of the molecule is O=C(CC1CCCN1)Nc1ccc(OCc2ccccc2F)cc1. The molecule has 0 aromatic heterocycles. The fourth-order valence-electron chi connectivity index (χ4n) is 2.78. The van der Waals surface area contributed by atoms with Crippen LogP contribution < -0.4 is 15.4 Å². The van der Waals surface area contributed by atoms with Gasteiger partial charge in [0.05, 0.1) is 0 Å².